The Labute approximate surface area is 141 Å². The van der Waals surface area contributed by atoms with E-state index in [4.69, 9.17) is 4.74 Å². The zero-order valence-electron chi connectivity index (χ0n) is 15.3. The zero-order chi connectivity index (χ0) is 17.0. The van der Waals surface area contributed by atoms with Gasteiger partial charge in [-0.15, -0.1) is 0 Å². The van der Waals surface area contributed by atoms with E-state index >= 15 is 0 Å². The van der Waals surface area contributed by atoms with Gasteiger partial charge in [-0.2, -0.15) is 0 Å². The molecule has 1 aliphatic heterocycles. The molecular weight excluding hydrogens is 288 g/mol. The molecule has 1 aromatic carbocycles. The number of hydrogen-bond acceptors (Lipinski definition) is 4. The molecule has 1 heterocycles. The second-order valence-electron chi connectivity index (χ2n) is 7.66. The number of aliphatic hydroxyl groups excluding tert-OH is 1. The lowest BCUT2D eigenvalue weighted by Gasteiger charge is -2.33. The van der Waals surface area contributed by atoms with Gasteiger partial charge in [-0.3, -0.25) is 0 Å². The highest BCUT2D eigenvalue weighted by Crippen LogP contribution is 2.32. The van der Waals surface area contributed by atoms with Gasteiger partial charge in [0, 0.05) is 38.3 Å². The highest BCUT2D eigenvalue weighted by molar-refractivity contribution is 5.41. The first-order valence-corrected chi connectivity index (χ1v) is 8.58. The first-order chi connectivity index (χ1) is 10.8. The Kier molecular flexibility index (Phi) is 6.06. The maximum atomic E-state index is 10.7. The van der Waals surface area contributed by atoms with Gasteiger partial charge in [0.2, 0.25) is 0 Å². The number of hydrogen-bond donors (Lipinski definition) is 1. The summed E-state index contributed by atoms with van der Waals surface area (Å²) in [6.07, 6.45) is 0.264. The second-order valence-corrected chi connectivity index (χ2v) is 7.66. The van der Waals surface area contributed by atoms with Crippen molar-refractivity contribution >= 4 is 0 Å². The van der Waals surface area contributed by atoms with Crippen LogP contribution >= 0.6 is 0 Å². The topological polar surface area (TPSA) is 35.9 Å². The van der Waals surface area contributed by atoms with Crippen LogP contribution in [-0.4, -0.2) is 61.8 Å². The standard InChI is InChI=1S/C19H32N2O2/c1-19(2,3)15-6-7-18(23-5)16(14-15)17(22)8-9-21-12-10-20(4)11-13-21/h6-7,14,17,22H,8-13H2,1-5H3. The molecule has 130 valence electrons. The van der Waals surface area contributed by atoms with Gasteiger partial charge in [-0.25, -0.2) is 0 Å². The third-order valence-corrected chi connectivity index (χ3v) is 4.77. The summed E-state index contributed by atoms with van der Waals surface area (Å²) in [6.45, 7) is 11.9. The van der Waals surface area contributed by atoms with Gasteiger partial charge >= 0.3 is 0 Å². The van der Waals surface area contributed by atoms with Crippen LogP contribution in [-0.2, 0) is 5.41 Å². The van der Waals surface area contributed by atoms with E-state index in [0.29, 0.717) is 0 Å². The van der Waals surface area contributed by atoms with E-state index < -0.39 is 6.10 Å². The number of aliphatic hydroxyl groups is 1. The molecule has 4 heteroatoms. The van der Waals surface area contributed by atoms with Crippen LogP contribution in [0, 0.1) is 0 Å². The molecule has 0 bridgehead atoms. The van der Waals surface area contributed by atoms with E-state index in [1.165, 1.54) is 5.56 Å². The van der Waals surface area contributed by atoms with Crippen LogP contribution in [0.3, 0.4) is 0 Å². The summed E-state index contributed by atoms with van der Waals surface area (Å²) >= 11 is 0. The predicted octanol–water partition coefficient (Wildman–Crippen LogP) is 2.66. The van der Waals surface area contributed by atoms with E-state index in [0.717, 1.165) is 50.5 Å². The monoisotopic (exact) mass is 320 g/mol. The van der Waals surface area contributed by atoms with Crippen molar-refractivity contribution in [1.82, 2.24) is 9.80 Å². The fourth-order valence-corrected chi connectivity index (χ4v) is 2.99. The van der Waals surface area contributed by atoms with E-state index in [-0.39, 0.29) is 5.41 Å². The van der Waals surface area contributed by atoms with Gasteiger partial charge in [0.15, 0.2) is 0 Å². The Morgan fingerprint density at radius 1 is 1.17 bits per heavy atom. The Balaban J connectivity index is 2.04. The first-order valence-electron chi connectivity index (χ1n) is 8.58. The highest BCUT2D eigenvalue weighted by Gasteiger charge is 2.21. The van der Waals surface area contributed by atoms with Gasteiger partial charge in [-0.1, -0.05) is 26.8 Å². The lowest BCUT2D eigenvalue weighted by atomic mass is 9.85. The van der Waals surface area contributed by atoms with Crippen molar-refractivity contribution in [2.75, 3.05) is 46.9 Å². The number of methoxy groups -OCH3 is 1. The quantitative estimate of drug-likeness (QED) is 0.905. The molecule has 0 radical (unpaired) electrons. The molecule has 0 aromatic heterocycles. The van der Waals surface area contributed by atoms with Crippen LogP contribution in [0.1, 0.15) is 44.4 Å². The number of benzene rings is 1. The number of likely N-dealkylation sites (N-methyl/N-ethyl adjacent to an activating group) is 1. The van der Waals surface area contributed by atoms with Gasteiger partial charge in [-0.05, 0) is 36.6 Å². The van der Waals surface area contributed by atoms with Crippen LogP contribution in [0.25, 0.3) is 0 Å². The van der Waals surface area contributed by atoms with Gasteiger partial charge in [0.05, 0.1) is 13.2 Å². The minimum Gasteiger partial charge on any atom is -0.496 e. The highest BCUT2D eigenvalue weighted by atomic mass is 16.5. The molecule has 1 fully saturated rings. The van der Waals surface area contributed by atoms with Crippen LogP contribution in [0.5, 0.6) is 5.75 Å². The summed E-state index contributed by atoms with van der Waals surface area (Å²) < 4.78 is 5.46. The first kappa shape index (κ1) is 18.2. The molecule has 0 aliphatic carbocycles. The molecule has 2 rings (SSSR count). The summed E-state index contributed by atoms with van der Waals surface area (Å²) in [5, 5.41) is 10.7. The van der Waals surface area contributed by atoms with Crippen molar-refractivity contribution in [2.24, 2.45) is 0 Å². The average molecular weight is 320 g/mol. The Morgan fingerprint density at radius 3 is 2.39 bits per heavy atom. The molecule has 0 amide bonds. The molecule has 0 saturated carbocycles. The fourth-order valence-electron chi connectivity index (χ4n) is 2.99. The summed E-state index contributed by atoms with van der Waals surface area (Å²) in [5.74, 6) is 0.781. The van der Waals surface area contributed by atoms with Crippen LogP contribution in [0.15, 0.2) is 18.2 Å². The number of nitrogens with zero attached hydrogens (tertiary/aromatic N) is 2. The summed E-state index contributed by atoms with van der Waals surface area (Å²) in [6, 6.07) is 6.18. The maximum absolute atomic E-state index is 10.7. The molecule has 1 unspecified atom stereocenters. The molecule has 1 N–H and O–H groups in total. The Bertz CT molecular complexity index is 503. The number of rotatable bonds is 5. The summed E-state index contributed by atoms with van der Waals surface area (Å²) in [7, 11) is 3.83. The maximum Gasteiger partial charge on any atom is 0.124 e. The molecule has 1 saturated heterocycles. The Hall–Kier alpha value is -1.10. The van der Waals surface area contributed by atoms with Crippen molar-refractivity contribution in [2.45, 2.75) is 38.7 Å². The predicted molar refractivity (Wildman–Crippen MR) is 95.2 cm³/mol. The van der Waals surface area contributed by atoms with Gasteiger partial charge in [0.25, 0.3) is 0 Å². The van der Waals surface area contributed by atoms with E-state index in [1.54, 1.807) is 7.11 Å². The van der Waals surface area contributed by atoms with E-state index in [2.05, 4.69) is 49.8 Å². The molecular formula is C19H32N2O2. The lowest BCUT2D eigenvalue weighted by Crippen LogP contribution is -2.44. The third-order valence-electron chi connectivity index (χ3n) is 4.77. The normalized spacial score (nSPS) is 18.9. The lowest BCUT2D eigenvalue weighted by molar-refractivity contribution is 0.111. The van der Waals surface area contributed by atoms with Crippen LogP contribution in [0.2, 0.25) is 0 Å². The molecule has 4 nitrogen and oxygen atoms in total. The van der Waals surface area contributed by atoms with Gasteiger partial charge < -0.3 is 19.6 Å². The molecule has 1 atom stereocenters. The molecule has 1 aromatic rings. The molecule has 23 heavy (non-hydrogen) atoms. The summed E-state index contributed by atoms with van der Waals surface area (Å²) in [4.78, 5) is 4.78. The van der Waals surface area contributed by atoms with Crippen molar-refractivity contribution in [3.63, 3.8) is 0 Å². The van der Waals surface area contributed by atoms with Crippen molar-refractivity contribution in [1.29, 1.82) is 0 Å². The second kappa shape index (κ2) is 7.65. The minimum absolute atomic E-state index is 0.0677. The molecule has 0 spiro atoms. The van der Waals surface area contributed by atoms with Crippen molar-refractivity contribution in [3.05, 3.63) is 29.3 Å². The van der Waals surface area contributed by atoms with Crippen LogP contribution < -0.4 is 4.74 Å². The largest absolute Gasteiger partial charge is 0.496 e. The van der Waals surface area contributed by atoms with Crippen molar-refractivity contribution < 1.29 is 9.84 Å². The molecule has 1 aliphatic rings. The SMILES string of the molecule is COc1ccc(C(C)(C)C)cc1C(O)CCN1CCN(C)CC1. The third kappa shape index (κ3) is 4.93. The zero-order valence-corrected chi connectivity index (χ0v) is 15.3. The fraction of sp³-hybridized carbons (Fsp3) is 0.684. The Morgan fingerprint density at radius 2 is 1.83 bits per heavy atom. The smallest absolute Gasteiger partial charge is 0.124 e. The number of ether oxygens (including phenoxy) is 1. The van der Waals surface area contributed by atoms with E-state index in [9.17, 15) is 5.11 Å². The number of piperazine rings is 1. The van der Waals surface area contributed by atoms with E-state index in [1.807, 2.05) is 6.07 Å². The van der Waals surface area contributed by atoms with Gasteiger partial charge in [0.1, 0.15) is 5.75 Å². The minimum atomic E-state index is -0.480. The summed E-state index contributed by atoms with van der Waals surface area (Å²) in [5.41, 5.74) is 2.21. The average Bonchev–Trinajstić information content (AvgIpc) is 2.52. The van der Waals surface area contributed by atoms with Crippen molar-refractivity contribution in [3.8, 4) is 5.75 Å². The van der Waals surface area contributed by atoms with Crippen LogP contribution in [0.4, 0.5) is 0 Å².